The molecule has 0 aromatic carbocycles. The van der Waals surface area contributed by atoms with Gasteiger partial charge in [-0.2, -0.15) is 0 Å². The monoisotopic (exact) mass is 358 g/mol. The van der Waals surface area contributed by atoms with Crippen molar-refractivity contribution in [3.05, 3.63) is 0 Å². The first-order valence-electron chi connectivity index (χ1n) is 8.47. The smallest absolute Gasteiger partial charge is 0.325 e. The van der Waals surface area contributed by atoms with E-state index >= 15 is 0 Å². The van der Waals surface area contributed by atoms with Crippen molar-refractivity contribution in [3.8, 4) is 0 Å². The van der Waals surface area contributed by atoms with Crippen LogP contribution in [0.15, 0.2) is 0 Å². The molecule has 3 aliphatic rings. The van der Waals surface area contributed by atoms with Crippen LogP contribution in [0.25, 0.3) is 0 Å². The molecule has 3 N–H and O–H groups in total. The van der Waals surface area contributed by atoms with Gasteiger partial charge in [-0.05, 0) is 38.1 Å². The third-order valence-electron chi connectivity index (χ3n) is 5.76. The number of nitrogens with one attached hydrogen (secondary N) is 1. The molecule has 4 amide bonds. The van der Waals surface area contributed by atoms with Gasteiger partial charge < -0.3 is 16.0 Å². The maximum atomic E-state index is 12.7. The minimum atomic E-state index is -0.762. The minimum Gasteiger partial charge on any atom is -0.340 e. The highest BCUT2D eigenvalue weighted by molar-refractivity contribution is 6.10. The van der Waals surface area contributed by atoms with Gasteiger partial charge in [0.1, 0.15) is 11.6 Å². The number of imide groups is 1. The number of nitrogens with zero attached hydrogens (tertiary/aromatic N) is 2. The summed E-state index contributed by atoms with van der Waals surface area (Å²) in [5.74, 6) is -0.401. The number of carbonyl (C=O) groups is 3. The second kappa shape index (κ2) is 6.52. The number of hydrogen-bond donors (Lipinski definition) is 2. The number of rotatable bonds is 3. The zero-order chi connectivity index (χ0) is 16.8. The lowest BCUT2D eigenvalue weighted by Crippen LogP contribution is -2.51. The standard InChI is InChI=1S/C16H26N4O3.ClH/c1-11(12(21)19-8-7-15(2,9-17)10-19)20-13(22)16(18-14(20)23)5-3-4-6-16;/h11H,3-10,17H2,1-2H3,(H,18,23);1H. The molecule has 24 heavy (non-hydrogen) atoms. The molecule has 1 spiro atoms. The third-order valence-corrected chi connectivity index (χ3v) is 5.76. The van der Waals surface area contributed by atoms with Gasteiger partial charge >= 0.3 is 6.03 Å². The molecule has 2 aliphatic heterocycles. The second-order valence-corrected chi connectivity index (χ2v) is 7.60. The molecule has 2 heterocycles. The summed E-state index contributed by atoms with van der Waals surface area (Å²) in [7, 11) is 0. The van der Waals surface area contributed by atoms with E-state index < -0.39 is 17.6 Å². The molecule has 2 atom stereocenters. The molecule has 1 aliphatic carbocycles. The maximum Gasteiger partial charge on any atom is 0.325 e. The Morgan fingerprint density at radius 1 is 1.29 bits per heavy atom. The molecule has 0 aromatic heterocycles. The third kappa shape index (κ3) is 2.88. The molecular formula is C16H27ClN4O3. The van der Waals surface area contributed by atoms with E-state index in [9.17, 15) is 14.4 Å². The summed E-state index contributed by atoms with van der Waals surface area (Å²) in [6, 6.07) is -1.19. The van der Waals surface area contributed by atoms with E-state index in [1.165, 1.54) is 0 Å². The van der Waals surface area contributed by atoms with Crippen LogP contribution in [0.3, 0.4) is 0 Å². The number of amides is 4. The molecule has 0 aromatic rings. The molecule has 2 unspecified atom stereocenters. The highest BCUT2D eigenvalue weighted by atomic mass is 35.5. The van der Waals surface area contributed by atoms with Crippen LogP contribution in [0.2, 0.25) is 0 Å². The summed E-state index contributed by atoms with van der Waals surface area (Å²) in [6.07, 6.45) is 4.06. The zero-order valence-electron chi connectivity index (χ0n) is 14.3. The Labute approximate surface area is 148 Å². The zero-order valence-corrected chi connectivity index (χ0v) is 15.2. The molecule has 136 valence electrons. The fraction of sp³-hybridized carbons (Fsp3) is 0.812. The van der Waals surface area contributed by atoms with Gasteiger partial charge in [-0.15, -0.1) is 12.4 Å². The average molecular weight is 359 g/mol. The quantitative estimate of drug-likeness (QED) is 0.731. The van der Waals surface area contributed by atoms with Crippen LogP contribution >= 0.6 is 12.4 Å². The molecular weight excluding hydrogens is 332 g/mol. The van der Waals surface area contributed by atoms with Gasteiger partial charge in [-0.25, -0.2) is 9.69 Å². The summed E-state index contributed by atoms with van der Waals surface area (Å²) >= 11 is 0. The van der Waals surface area contributed by atoms with Gasteiger partial charge in [-0.3, -0.25) is 9.59 Å². The van der Waals surface area contributed by atoms with Crippen LogP contribution in [-0.4, -0.2) is 58.9 Å². The highest BCUT2D eigenvalue weighted by Crippen LogP contribution is 2.36. The largest absolute Gasteiger partial charge is 0.340 e. The molecule has 2 saturated heterocycles. The average Bonchev–Trinajstić information content (AvgIpc) is 3.20. The summed E-state index contributed by atoms with van der Waals surface area (Å²) in [4.78, 5) is 40.6. The van der Waals surface area contributed by atoms with Crippen molar-refractivity contribution in [2.24, 2.45) is 11.1 Å². The minimum absolute atomic E-state index is 0. The van der Waals surface area contributed by atoms with Crippen molar-refractivity contribution in [2.75, 3.05) is 19.6 Å². The fourth-order valence-corrected chi connectivity index (χ4v) is 4.06. The molecule has 0 bridgehead atoms. The molecule has 0 radical (unpaired) electrons. The van der Waals surface area contributed by atoms with Crippen LogP contribution in [0.4, 0.5) is 4.79 Å². The van der Waals surface area contributed by atoms with Crippen molar-refractivity contribution >= 4 is 30.3 Å². The Morgan fingerprint density at radius 3 is 2.46 bits per heavy atom. The van der Waals surface area contributed by atoms with E-state index in [2.05, 4.69) is 12.2 Å². The number of urea groups is 1. The van der Waals surface area contributed by atoms with E-state index in [1.807, 2.05) is 0 Å². The van der Waals surface area contributed by atoms with Crippen molar-refractivity contribution in [2.45, 2.75) is 57.5 Å². The van der Waals surface area contributed by atoms with Gasteiger partial charge in [-0.1, -0.05) is 19.8 Å². The number of carbonyl (C=O) groups excluding carboxylic acids is 3. The Balaban J connectivity index is 0.00000208. The Bertz CT molecular complexity index is 549. The van der Waals surface area contributed by atoms with Crippen molar-refractivity contribution < 1.29 is 14.4 Å². The lowest BCUT2D eigenvalue weighted by atomic mass is 9.90. The first-order valence-corrected chi connectivity index (χ1v) is 8.47. The maximum absolute atomic E-state index is 12.7. The van der Waals surface area contributed by atoms with Crippen LogP contribution in [0.1, 0.15) is 46.0 Å². The van der Waals surface area contributed by atoms with Crippen molar-refractivity contribution in [1.29, 1.82) is 0 Å². The van der Waals surface area contributed by atoms with Crippen LogP contribution in [0, 0.1) is 5.41 Å². The number of halogens is 1. The lowest BCUT2D eigenvalue weighted by Gasteiger charge is -2.28. The van der Waals surface area contributed by atoms with E-state index in [4.69, 9.17) is 5.73 Å². The first-order chi connectivity index (χ1) is 10.8. The van der Waals surface area contributed by atoms with E-state index in [1.54, 1.807) is 11.8 Å². The number of likely N-dealkylation sites (tertiary alicyclic amines) is 1. The van der Waals surface area contributed by atoms with Gasteiger partial charge in [0.2, 0.25) is 5.91 Å². The SMILES string of the molecule is CC(C(=O)N1CCC(C)(CN)C1)N1C(=O)NC2(CCCC2)C1=O.Cl. The van der Waals surface area contributed by atoms with Gasteiger partial charge in [0.25, 0.3) is 5.91 Å². The molecule has 1 saturated carbocycles. The van der Waals surface area contributed by atoms with Gasteiger partial charge in [0, 0.05) is 13.1 Å². The summed E-state index contributed by atoms with van der Waals surface area (Å²) in [6.45, 7) is 5.45. The Morgan fingerprint density at radius 2 is 1.92 bits per heavy atom. The van der Waals surface area contributed by atoms with E-state index in [0.29, 0.717) is 32.5 Å². The van der Waals surface area contributed by atoms with Crippen LogP contribution in [-0.2, 0) is 9.59 Å². The topological polar surface area (TPSA) is 95.7 Å². The summed E-state index contributed by atoms with van der Waals surface area (Å²) < 4.78 is 0. The normalized spacial score (nSPS) is 29.8. The number of hydrogen-bond acceptors (Lipinski definition) is 4. The molecule has 3 rings (SSSR count). The summed E-state index contributed by atoms with van der Waals surface area (Å²) in [5.41, 5.74) is 4.95. The van der Waals surface area contributed by atoms with Crippen LogP contribution < -0.4 is 11.1 Å². The predicted octanol–water partition coefficient (Wildman–Crippen LogP) is 0.859. The van der Waals surface area contributed by atoms with E-state index in [-0.39, 0.29) is 29.6 Å². The van der Waals surface area contributed by atoms with Crippen molar-refractivity contribution in [1.82, 2.24) is 15.1 Å². The fourth-order valence-electron chi connectivity index (χ4n) is 4.06. The lowest BCUT2D eigenvalue weighted by molar-refractivity contribution is -0.142. The molecule has 3 fully saturated rings. The number of nitrogens with two attached hydrogens (primary N) is 1. The Kier molecular flexibility index (Phi) is 5.16. The van der Waals surface area contributed by atoms with Gasteiger partial charge in [0.15, 0.2) is 0 Å². The molecule has 8 heteroatoms. The second-order valence-electron chi connectivity index (χ2n) is 7.60. The molecule has 7 nitrogen and oxygen atoms in total. The Hall–Kier alpha value is -1.34. The van der Waals surface area contributed by atoms with Crippen LogP contribution in [0.5, 0.6) is 0 Å². The highest BCUT2D eigenvalue weighted by Gasteiger charge is 2.55. The van der Waals surface area contributed by atoms with E-state index in [0.717, 1.165) is 24.2 Å². The van der Waals surface area contributed by atoms with Gasteiger partial charge in [0.05, 0.1) is 0 Å². The van der Waals surface area contributed by atoms with Crippen molar-refractivity contribution in [3.63, 3.8) is 0 Å². The summed E-state index contributed by atoms with van der Waals surface area (Å²) in [5, 5.41) is 2.83. The first kappa shape index (κ1) is 19.0. The predicted molar refractivity (Wildman–Crippen MR) is 91.6 cm³/mol.